The van der Waals surface area contributed by atoms with Crippen molar-refractivity contribution in [2.24, 2.45) is 0 Å². The minimum atomic E-state index is -1.07. The van der Waals surface area contributed by atoms with Gasteiger partial charge in [-0.25, -0.2) is 4.79 Å². The van der Waals surface area contributed by atoms with Crippen LogP contribution in [0.3, 0.4) is 0 Å². The smallest absolute Gasteiger partial charge is 0.341 e. The standard InChI is InChI=1S/C18H17Cl2NO4/c1-8-14(10(3)22)9(2)21-16(8)17(23)11(4)25-18(24)15-12(19)6-5-7-13(15)20/h5-7,11,21H,1-4H3/t11-/m0/s1. The highest BCUT2D eigenvalue weighted by Crippen LogP contribution is 2.26. The van der Waals surface area contributed by atoms with Crippen LogP contribution in [0.2, 0.25) is 10.0 Å². The lowest BCUT2D eigenvalue weighted by atomic mass is 10.0. The summed E-state index contributed by atoms with van der Waals surface area (Å²) >= 11 is 11.9. The Morgan fingerprint density at radius 3 is 2.12 bits per heavy atom. The molecule has 1 aromatic carbocycles. The van der Waals surface area contributed by atoms with Crippen LogP contribution in [-0.4, -0.2) is 28.6 Å². The minimum Gasteiger partial charge on any atom is -0.451 e. The summed E-state index contributed by atoms with van der Waals surface area (Å²) in [7, 11) is 0. The Morgan fingerprint density at radius 2 is 1.64 bits per heavy atom. The highest BCUT2D eigenvalue weighted by atomic mass is 35.5. The first kappa shape index (κ1) is 19.2. The van der Waals surface area contributed by atoms with E-state index in [9.17, 15) is 14.4 Å². The van der Waals surface area contributed by atoms with Gasteiger partial charge in [0.15, 0.2) is 11.9 Å². The second-order valence-electron chi connectivity index (χ2n) is 5.69. The Balaban J connectivity index is 2.26. The van der Waals surface area contributed by atoms with Gasteiger partial charge in [-0.15, -0.1) is 0 Å². The number of aromatic nitrogens is 1. The van der Waals surface area contributed by atoms with Gasteiger partial charge in [-0.2, -0.15) is 0 Å². The van der Waals surface area contributed by atoms with Crippen LogP contribution >= 0.6 is 23.2 Å². The first-order valence-electron chi connectivity index (χ1n) is 7.54. The number of aryl methyl sites for hydroxylation is 1. The van der Waals surface area contributed by atoms with Crippen LogP contribution in [0.1, 0.15) is 56.3 Å². The normalized spacial score (nSPS) is 11.9. The zero-order valence-corrected chi connectivity index (χ0v) is 15.7. The third-order valence-electron chi connectivity index (χ3n) is 3.86. The van der Waals surface area contributed by atoms with Crippen LogP contribution < -0.4 is 0 Å². The number of hydrogen-bond acceptors (Lipinski definition) is 4. The summed E-state index contributed by atoms with van der Waals surface area (Å²) in [5.74, 6) is -1.37. The quantitative estimate of drug-likeness (QED) is 0.607. The van der Waals surface area contributed by atoms with Crippen molar-refractivity contribution in [3.8, 4) is 0 Å². The molecule has 0 radical (unpaired) electrons. The van der Waals surface area contributed by atoms with Gasteiger partial charge in [0.1, 0.15) is 0 Å². The van der Waals surface area contributed by atoms with Crippen LogP contribution in [0.4, 0.5) is 0 Å². The Bertz CT molecular complexity index is 850. The number of rotatable bonds is 5. The summed E-state index contributed by atoms with van der Waals surface area (Å²) in [5.41, 5.74) is 1.85. The molecule has 0 aliphatic rings. The van der Waals surface area contributed by atoms with E-state index in [1.165, 1.54) is 26.0 Å². The molecule has 0 saturated carbocycles. The molecule has 25 heavy (non-hydrogen) atoms. The molecule has 0 spiro atoms. The molecule has 1 atom stereocenters. The van der Waals surface area contributed by atoms with Gasteiger partial charge in [0, 0.05) is 11.3 Å². The van der Waals surface area contributed by atoms with E-state index in [1.807, 2.05) is 0 Å². The SMILES string of the molecule is CC(=O)c1c(C)[nH]c(C(=O)[C@H](C)OC(=O)c2c(Cl)cccc2Cl)c1C. The number of carbonyl (C=O) groups excluding carboxylic acids is 3. The maximum atomic E-state index is 12.6. The van der Waals surface area contributed by atoms with Gasteiger partial charge < -0.3 is 9.72 Å². The average molecular weight is 382 g/mol. The van der Waals surface area contributed by atoms with Crippen LogP contribution in [-0.2, 0) is 4.74 Å². The molecule has 1 N–H and O–H groups in total. The summed E-state index contributed by atoms with van der Waals surface area (Å²) in [5, 5.41) is 0.283. The summed E-state index contributed by atoms with van der Waals surface area (Å²) in [4.78, 5) is 39.5. The topological polar surface area (TPSA) is 76.2 Å². The number of aromatic amines is 1. The molecule has 2 aromatic rings. The average Bonchev–Trinajstić information content (AvgIpc) is 2.80. The van der Waals surface area contributed by atoms with E-state index < -0.39 is 17.9 Å². The predicted octanol–water partition coefficient (Wildman–Crippen LogP) is 4.57. The number of carbonyl (C=O) groups is 3. The molecule has 0 aliphatic heterocycles. The van der Waals surface area contributed by atoms with Gasteiger partial charge in [0.25, 0.3) is 0 Å². The first-order chi connectivity index (χ1) is 11.6. The molecule has 0 aliphatic carbocycles. The lowest BCUT2D eigenvalue weighted by Crippen LogP contribution is -2.25. The number of halogens is 2. The molecule has 1 heterocycles. The van der Waals surface area contributed by atoms with Gasteiger partial charge in [-0.1, -0.05) is 29.3 Å². The van der Waals surface area contributed by atoms with E-state index >= 15 is 0 Å². The summed E-state index contributed by atoms with van der Waals surface area (Å²) < 4.78 is 5.22. The Hall–Kier alpha value is -2.11. The summed E-state index contributed by atoms with van der Waals surface area (Å²) in [6.07, 6.45) is -1.07. The van der Waals surface area contributed by atoms with Gasteiger partial charge >= 0.3 is 5.97 Å². The molecule has 7 heteroatoms. The molecular formula is C18H17Cl2NO4. The Morgan fingerprint density at radius 1 is 1.08 bits per heavy atom. The van der Waals surface area contributed by atoms with Crippen molar-refractivity contribution < 1.29 is 19.1 Å². The molecule has 0 fully saturated rings. The summed E-state index contributed by atoms with van der Waals surface area (Å²) in [6, 6.07) is 4.62. The van der Waals surface area contributed by atoms with Crippen molar-refractivity contribution in [3.05, 3.63) is 56.3 Å². The van der Waals surface area contributed by atoms with Crippen LogP contribution in [0, 0.1) is 13.8 Å². The lowest BCUT2D eigenvalue weighted by Gasteiger charge is -2.13. The molecule has 0 amide bonds. The maximum absolute atomic E-state index is 12.6. The first-order valence-corrected chi connectivity index (χ1v) is 8.30. The van der Waals surface area contributed by atoms with Crippen molar-refractivity contribution >= 4 is 40.7 Å². The molecule has 5 nitrogen and oxygen atoms in total. The fraction of sp³-hybridized carbons (Fsp3) is 0.278. The van der Waals surface area contributed by atoms with Gasteiger partial charge in [0.05, 0.1) is 21.3 Å². The number of H-pyrrole nitrogens is 1. The highest BCUT2D eigenvalue weighted by molar-refractivity contribution is 6.39. The van der Waals surface area contributed by atoms with E-state index in [4.69, 9.17) is 27.9 Å². The predicted molar refractivity (Wildman–Crippen MR) is 95.9 cm³/mol. The third kappa shape index (κ3) is 3.78. The number of ether oxygens (including phenoxy) is 1. The maximum Gasteiger partial charge on any atom is 0.341 e. The zero-order chi connectivity index (χ0) is 18.9. The van der Waals surface area contributed by atoms with E-state index in [-0.39, 0.29) is 27.1 Å². The molecule has 2 rings (SSSR count). The third-order valence-corrected chi connectivity index (χ3v) is 4.49. The molecule has 132 valence electrons. The fourth-order valence-electron chi connectivity index (χ4n) is 2.69. The highest BCUT2D eigenvalue weighted by Gasteiger charge is 2.27. The number of ketones is 2. The van der Waals surface area contributed by atoms with Crippen molar-refractivity contribution in [2.45, 2.75) is 33.8 Å². The second-order valence-corrected chi connectivity index (χ2v) is 6.50. The minimum absolute atomic E-state index is 0.00861. The van der Waals surface area contributed by atoms with E-state index in [0.29, 0.717) is 16.8 Å². The fourth-order valence-corrected chi connectivity index (χ4v) is 3.25. The van der Waals surface area contributed by atoms with Gasteiger partial charge in [-0.05, 0) is 45.4 Å². The Labute approximate surface area is 155 Å². The van der Waals surface area contributed by atoms with Gasteiger partial charge in [-0.3, -0.25) is 9.59 Å². The van der Waals surface area contributed by atoms with E-state index in [0.717, 1.165) is 0 Å². The monoisotopic (exact) mass is 381 g/mol. The van der Waals surface area contributed by atoms with Crippen LogP contribution in [0.5, 0.6) is 0 Å². The second kappa shape index (κ2) is 7.42. The Kier molecular flexibility index (Phi) is 5.70. The van der Waals surface area contributed by atoms with Gasteiger partial charge in [0.2, 0.25) is 5.78 Å². The number of nitrogens with one attached hydrogen (secondary N) is 1. The lowest BCUT2D eigenvalue weighted by molar-refractivity contribution is 0.0317. The number of Topliss-reactive ketones (excluding diaryl/α,β-unsaturated/α-hetero) is 2. The zero-order valence-electron chi connectivity index (χ0n) is 14.2. The molecule has 1 aromatic heterocycles. The molecule has 0 unspecified atom stereocenters. The van der Waals surface area contributed by atoms with E-state index in [2.05, 4.69) is 4.98 Å². The summed E-state index contributed by atoms with van der Waals surface area (Å²) in [6.45, 7) is 6.27. The van der Waals surface area contributed by atoms with Crippen LogP contribution in [0.25, 0.3) is 0 Å². The van der Waals surface area contributed by atoms with E-state index in [1.54, 1.807) is 19.9 Å². The number of hydrogen-bond donors (Lipinski definition) is 1. The van der Waals surface area contributed by atoms with Crippen molar-refractivity contribution in [3.63, 3.8) is 0 Å². The van der Waals surface area contributed by atoms with Crippen molar-refractivity contribution in [2.75, 3.05) is 0 Å². The van der Waals surface area contributed by atoms with Crippen molar-refractivity contribution in [1.29, 1.82) is 0 Å². The van der Waals surface area contributed by atoms with Crippen LogP contribution in [0.15, 0.2) is 18.2 Å². The molecule has 0 saturated heterocycles. The van der Waals surface area contributed by atoms with Crippen molar-refractivity contribution in [1.82, 2.24) is 4.98 Å². The number of esters is 1. The molecule has 0 bridgehead atoms. The number of benzene rings is 1. The largest absolute Gasteiger partial charge is 0.451 e. The molecular weight excluding hydrogens is 365 g/mol.